The van der Waals surface area contributed by atoms with Crippen molar-refractivity contribution >= 4 is 29.2 Å². The van der Waals surface area contributed by atoms with Crippen molar-refractivity contribution in [3.63, 3.8) is 0 Å². The van der Waals surface area contributed by atoms with Gasteiger partial charge in [-0.25, -0.2) is 9.78 Å². The van der Waals surface area contributed by atoms with Crippen LogP contribution in [0, 0.1) is 10.1 Å². The SMILES string of the molecule is CC1(c2ccc([N+](=O)[O-])cc2)NC(=O)N(Cc2ccc(Cl)nc2)C1=O. The molecule has 1 aliphatic heterocycles. The summed E-state index contributed by atoms with van der Waals surface area (Å²) < 4.78 is 0. The average Bonchev–Trinajstić information content (AvgIpc) is 2.81. The normalized spacial score (nSPS) is 19.8. The minimum absolute atomic E-state index is 0.0530. The number of carbonyl (C=O) groups excluding carboxylic acids is 2. The van der Waals surface area contributed by atoms with E-state index in [1.165, 1.54) is 30.5 Å². The molecule has 1 fully saturated rings. The second-order valence-electron chi connectivity index (χ2n) is 5.74. The van der Waals surface area contributed by atoms with Crippen LogP contribution in [0.25, 0.3) is 0 Å². The first-order valence-corrected chi connectivity index (χ1v) is 7.68. The van der Waals surface area contributed by atoms with Gasteiger partial charge in [-0.2, -0.15) is 0 Å². The summed E-state index contributed by atoms with van der Waals surface area (Å²) in [7, 11) is 0. The standard InChI is InChI=1S/C16H13ClN4O4/c1-16(11-3-5-12(6-4-11)21(24)25)14(22)20(15(23)19-16)9-10-2-7-13(17)18-8-10/h2-8H,9H2,1H3,(H,19,23). The van der Waals surface area contributed by atoms with Crippen LogP contribution in [0.2, 0.25) is 5.15 Å². The molecule has 8 nitrogen and oxygen atoms in total. The largest absolute Gasteiger partial charge is 0.325 e. The van der Waals surface area contributed by atoms with Crippen LogP contribution in [0.1, 0.15) is 18.1 Å². The summed E-state index contributed by atoms with van der Waals surface area (Å²) in [6, 6.07) is 8.23. The maximum Gasteiger partial charge on any atom is 0.325 e. The lowest BCUT2D eigenvalue weighted by atomic mass is 9.92. The molecule has 25 heavy (non-hydrogen) atoms. The lowest BCUT2D eigenvalue weighted by Crippen LogP contribution is -2.40. The van der Waals surface area contributed by atoms with E-state index in [9.17, 15) is 19.7 Å². The van der Waals surface area contributed by atoms with Crippen molar-refractivity contribution in [2.24, 2.45) is 0 Å². The van der Waals surface area contributed by atoms with Gasteiger partial charge in [0.05, 0.1) is 11.5 Å². The van der Waals surface area contributed by atoms with E-state index in [0.717, 1.165) is 4.90 Å². The van der Waals surface area contributed by atoms with Crippen molar-refractivity contribution in [2.75, 3.05) is 0 Å². The molecule has 1 aromatic carbocycles. The number of imide groups is 1. The summed E-state index contributed by atoms with van der Waals surface area (Å²) >= 11 is 5.73. The van der Waals surface area contributed by atoms with E-state index in [2.05, 4.69) is 10.3 Å². The predicted octanol–water partition coefficient (Wildman–Crippen LogP) is 2.61. The number of nitrogens with one attached hydrogen (secondary N) is 1. The molecular weight excluding hydrogens is 348 g/mol. The van der Waals surface area contributed by atoms with Gasteiger partial charge in [0.2, 0.25) is 0 Å². The Morgan fingerprint density at radius 1 is 1.24 bits per heavy atom. The monoisotopic (exact) mass is 360 g/mol. The number of benzene rings is 1. The molecule has 0 radical (unpaired) electrons. The van der Waals surface area contributed by atoms with Crippen LogP contribution >= 0.6 is 11.6 Å². The predicted molar refractivity (Wildman–Crippen MR) is 88.8 cm³/mol. The summed E-state index contributed by atoms with van der Waals surface area (Å²) in [5, 5.41) is 13.7. The van der Waals surface area contributed by atoms with E-state index in [1.807, 2.05) is 0 Å². The molecule has 1 aliphatic rings. The molecule has 2 aromatic rings. The highest BCUT2D eigenvalue weighted by Crippen LogP contribution is 2.30. The number of halogens is 1. The minimum Gasteiger partial charge on any atom is -0.319 e. The molecule has 128 valence electrons. The maximum atomic E-state index is 12.8. The molecule has 1 N–H and O–H groups in total. The first-order chi connectivity index (χ1) is 11.8. The Morgan fingerprint density at radius 2 is 1.92 bits per heavy atom. The molecule has 0 bridgehead atoms. The van der Waals surface area contributed by atoms with Gasteiger partial charge < -0.3 is 5.32 Å². The quantitative estimate of drug-likeness (QED) is 0.390. The summed E-state index contributed by atoms with van der Waals surface area (Å²) in [4.78, 5) is 40.3. The van der Waals surface area contributed by atoms with Crippen molar-refractivity contribution in [3.8, 4) is 0 Å². The highest BCUT2D eigenvalue weighted by atomic mass is 35.5. The fraction of sp³-hybridized carbons (Fsp3) is 0.188. The van der Waals surface area contributed by atoms with Gasteiger partial charge in [0, 0.05) is 18.3 Å². The minimum atomic E-state index is -1.29. The molecule has 3 amide bonds. The van der Waals surface area contributed by atoms with E-state index in [1.54, 1.807) is 19.1 Å². The molecule has 0 spiro atoms. The third-order valence-corrected chi connectivity index (χ3v) is 4.28. The van der Waals surface area contributed by atoms with Gasteiger partial charge in [-0.05, 0) is 36.2 Å². The van der Waals surface area contributed by atoms with Crippen molar-refractivity contribution in [1.29, 1.82) is 0 Å². The first kappa shape index (κ1) is 16.8. The number of carbonyl (C=O) groups is 2. The van der Waals surface area contributed by atoms with Crippen molar-refractivity contribution in [1.82, 2.24) is 15.2 Å². The number of rotatable bonds is 4. The Hall–Kier alpha value is -3.00. The Balaban J connectivity index is 1.86. The fourth-order valence-corrected chi connectivity index (χ4v) is 2.75. The van der Waals surface area contributed by atoms with Crippen LogP contribution in [0.15, 0.2) is 42.6 Å². The van der Waals surface area contributed by atoms with Crippen LogP contribution in [-0.4, -0.2) is 26.7 Å². The molecule has 1 unspecified atom stereocenters. The number of nitrogens with zero attached hydrogens (tertiary/aromatic N) is 3. The van der Waals surface area contributed by atoms with Gasteiger partial charge in [0.15, 0.2) is 0 Å². The number of pyridine rings is 1. The molecule has 1 saturated heterocycles. The lowest BCUT2D eigenvalue weighted by molar-refractivity contribution is -0.384. The molecule has 1 aromatic heterocycles. The van der Waals surface area contributed by atoms with E-state index < -0.39 is 22.4 Å². The number of urea groups is 1. The summed E-state index contributed by atoms with van der Waals surface area (Å²) in [6.45, 7) is 1.62. The number of amides is 3. The van der Waals surface area contributed by atoms with E-state index in [4.69, 9.17) is 11.6 Å². The number of nitro benzene ring substituents is 1. The van der Waals surface area contributed by atoms with Crippen molar-refractivity contribution in [2.45, 2.75) is 19.0 Å². The van der Waals surface area contributed by atoms with Crippen molar-refractivity contribution in [3.05, 3.63) is 69.0 Å². The van der Waals surface area contributed by atoms with Gasteiger partial charge in [0.25, 0.3) is 11.6 Å². The van der Waals surface area contributed by atoms with Gasteiger partial charge in [-0.15, -0.1) is 0 Å². The summed E-state index contributed by atoms with van der Waals surface area (Å²) in [5.74, 6) is -0.443. The fourth-order valence-electron chi connectivity index (χ4n) is 2.64. The summed E-state index contributed by atoms with van der Waals surface area (Å²) in [6.07, 6.45) is 1.49. The van der Waals surface area contributed by atoms with Gasteiger partial charge in [-0.1, -0.05) is 17.7 Å². The third-order valence-electron chi connectivity index (χ3n) is 4.06. The van der Waals surface area contributed by atoms with Crippen LogP contribution in [0.3, 0.4) is 0 Å². The molecule has 1 atom stereocenters. The summed E-state index contributed by atoms with van der Waals surface area (Å²) in [5.41, 5.74) is -0.256. The molecular formula is C16H13ClN4O4. The number of hydrogen-bond donors (Lipinski definition) is 1. The van der Waals surface area contributed by atoms with E-state index in [-0.39, 0.29) is 12.2 Å². The molecule has 0 aliphatic carbocycles. The van der Waals surface area contributed by atoms with Crippen LogP contribution in [-0.2, 0) is 16.9 Å². The topological polar surface area (TPSA) is 105 Å². The molecule has 2 heterocycles. The Labute approximate surface area is 147 Å². The van der Waals surface area contributed by atoms with Crippen molar-refractivity contribution < 1.29 is 14.5 Å². The Kier molecular flexibility index (Phi) is 4.13. The van der Waals surface area contributed by atoms with E-state index in [0.29, 0.717) is 16.3 Å². The van der Waals surface area contributed by atoms with Crippen LogP contribution in [0.4, 0.5) is 10.5 Å². The molecule has 0 saturated carbocycles. The highest BCUT2D eigenvalue weighted by Gasteiger charge is 2.48. The maximum absolute atomic E-state index is 12.8. The van der Waals surface area contributed by atoms with Crippen LogP contribution in [0.5, 0.6) is 0 Å². The van der Waals surface area contributed by atoms with Gasteiger partial charge in [0.1, 0.15) is 10.7 Å². The van der Waals surface area contributed by atoms with E-state index >= 15 is 0 Å². The second-order valence-corrected chi connectivity index (χ2v) is 6.13. The van der Waals surface area contributed by atoms with Gasteiger partial charge >= 0.3 is 6.03 Å². The smallest absolute Gasteiger partial charge is 0.319 e. The Morgan fingerprint density at radius 3 is 2.48 bits per heavy atom. The molecule has 9 heteroatoms. The third kappa shape index (κ3) is 3.03. The first-order valence-electron chi connectivity index (χ1n) is 7.31. The number of non-ortho nitro benzene ring substituents is 1. The zero-order valence-electron chi connectivity index (χ0n) is 13.1. The number of nitro groups is 1. The number of hydrogen-bond acceptors (Lipinski definition) is 5. The average molecular weight is 361 g/mol. The molecule has 3 rings (SSSR count). The zero-order chi connectivity index (χ0) is 18.2. The zero-order valence-corrected chi connectivity index (χ0v) is 13.9. The second kappa shape index (κ2) is 6.14. The number of aromatic nitrogens is 1. The highest BCUT2D eigenvalue weighted by molar-refractivity contribution is 6.29. The van der Waals surface area contributed by atoms with Crippen LogP contribution < -0.4 is 5.32 Å². The lowest BCUT2D eigenvalue weighted by Gasteiger charge is -2.22. The van der Waals surface area contributed by atoms with Gasteiger partial charge in [-0.3, -0.25) is 19.8 Å². The Bertz CT molecular complexity index is 853.